The Hall–Kier alpha value is -2.34. The van der Waals surface area contributed by atoms with E-state index in [-0.39, 0.29) is 22.9 Å². The number of hydrogen-bond acceptors (Lipinski definition) is 3. The molecule has 0 aliphatic carbocycles. The quantitative estimate of drug-likeness (QED) is 0.831. The maximum Gasteiger partial charge on any atom is 0.335 e. The minimum absolute atomic E-state index is 0.0913. The summed E-state index contributed by atoms with van der Waals surface area (Å²) in [7, 11) is -1.46. The molecule has 2 aromatic carbocycles. The lowest BCUT2D eigenvalue weighted by Crippen LogP contribution is -2.12. The molecule has 2 aromatic rings. The fourth-order valence-corrected chi connectivity index (χ4v) is 3.01. The van der Waals surface area contributed by atoms with Gasteiger partial charge in [-0.25, -0.2) is 9.18 Å². The molecule has 1 N–H and O–H groups in total. The van der Waals surface area contributed by atoms with E-state index in [1.807, 2.05) is 0 Å². The SMILES string of the molecule is O=C(O)c1cccc(CS(=O)CC(=O)c2ccc(F)cc2)c1. The highest BCUT2D eigenvalue weighted by molar-refractivity contribution is 7.85. The van der Waals surface area contributed by atoms with Crippen molar-refractivity contribution in [2.24, 2.45) is 0 Å². The normalized spacial score (nSPS) is 11.9. The van der Waals surface area contributed by atoms with Gasteiger partial charge in [-0.3, -0.25) is 9.00 Å². The number of carbonyl (C=O) groups is 2. The molecule has 0 bridgehead atoms. The van der Waals surface area contributed by atoms with Crippen LogP contribution in [-0.2, 0) is 16.6 Å². The minimum Gasteiger partial charge on any atom is -0.478 e. The summed E-state index contributed by atoms with van der Waals surface area (Å²) >= 11 is 0. The number of benzene rings is 2. The molecular weight excluding hydrogens is 307 g/mol. The Morgan fingerprint density at radius 2 is 1.73 bits per heavy atom. The average Bonchev–Trinajstić information content (AvgIpc) is 2.47. The predicted octanol–water partition coefficient (Wildman–Crippen LogP) is 2.66. The molecule has 4 nitrogen and oxygen atoms in total. The Bertz CT molecular complexity index is 725. The lowest BCUT2D eigenvalue weighted by Gasteiger charge is -2.04. The molecule has 2 rings (SSSR count). The zero-order valence-corrected chi connectivity index (χ0v) is 12.3. The minimum atomic E-state index is -1.46. The van der Waals surface area contributed by atoms with Gasteiger partial charge in [-0.2, -0.15) is 0 Å². The fraction of sp³-hybridized carbons (Fsp3) is 0.125. The number of carboxylic acids is 1. The Labute approximate surface area is 129 Å². The Morgan fingerprint density at radius 1 is 1.05 bits per heavy atom. The van der Waals surface area contributed by atoms with Crippen molar-refractivity contribution in [3.63, 3.8) is 0 Å². The van der Waals surface area contributed by atoms with Crippen LogP contribution in [0.2, 0.25) is 0 Å². The van der Waals surface area contributed by atoms with E-state index in [9.17, 15) is 18.2 Å². The van der Waals surface area contributed by atoms with Gasteiger partial charge in [0.2, 0.25) is 0 Å². The van der Waals surface area contributed by atoms with Crippen molar-refractivity contribution in [3.05, 3.63) is 71.0 Å². The van der Waals surface area contributed by atoms with E-state index < -0.39 is 22.6 Å². The van der Waals surface area contributed by atoms with Crippen molar-refractivity contribution in [3.8, 4) is 0 Å². The zero-order valence-electron chi connectivity index (χ0n) is 11.5. The van der Waals surface area contributed by atoms with Crippen molar-refractivity contribution in [1.82, 2.24) is 0 Å². The first kappa shape index (κ1) is 16.0. The molecule has 0 aliphatic rings. The second kappa shape index (κ2) is 7.09. The molecule has 0 amide bonds. The molecule has 6 heteroatoms. The van der Waals surface area contributed by atoms with Crippen LogP contribution in [0.4, 0.5) is 4.39 Å². The molecule has 1 unspecified atom stereocenters. The summed E-state index contributed by atoms with van der Waals surface area (Å²) in [5.74, 6) is -1.94. The Morgan fingerprint density at radius 3 is 2.36 bits per heavy atom. The lowest BCUT2D eigenvalue weighted by atomic mass is 10.1. The van der Waals surface area contributed by atoms with Crippen LogP contribution in [0.15, 0.2) is 48.5 Å². The van der Waals surface area contributed by atoms with E-state index in [1.54, 1.807) is 12.1 Å². The number of ketones is 1. The molecule has 0 fully saturated rings. The van der Waals surface area contributed by atoms with Crippen LogP contribution >= 0.6 is 0 Å². The summed E-state index contributed by atoms with van der Waals surface area (Å²) in [6.45, 7) is 0. The van der Waals surface area contributed by atoms with Gasteiger partial charge in [0.25, 0.3) is 0 Å². The van der Waals surface area contributed by atoms with E-state index in [0.717, 1.165) is 0 Å². The van der Waals surface area contributed by atoms with Crippen molar-refractivity contribution >= 4 is 22.6 Å². The summed E-state index contributed by atoms with van der Waals surface area (Å²) < 4.78 is 24.8. The van der Waals surface area contributed by atoms with Crippen LogP contribution in [0.3, 0.4) is 0 Å². The first-order chi connectivity index (χ1) is 10.5. The van der Waals surface area contributed by atoms with E-state index in [1.165, 1.54) is 36.4 Å². The van der Waals surface area contributed by atoms with Gasteiger partial charge in [0.15, 0.2) is 5.78 Å². The second-order valence-electron chi connectivity index (χ2n) is 4.66. The third-order valence-electron chi connectivity index (χ3n) is 2.96. The number of carbonyl (C=O) groups excluding carboxylic acids is 1. The lowest BCUT2D eigenvalue weighted by molar-refractivity contribution is 0.0696. The second-order valence-corrected chi connectivity index (χ2v) is 6.12. The highest BCUT2D eigenvalue weighted by atomic mass is 32.2. The third kappa shape index (κ3) is 4.33. The number of carboxylic acid groups (broad SMARTS) is 1. The van der Waals surface area contributed by atoms with E-state index in [0.29, 0.717) is 11.1 Å². The highest BCUT2D eigenvalue weighted by Crippen LogP contribution is 2.10. The van der Waals surface area contributed by atoms with Gasteiger partial charge in [0.1, 0.15) is 5.82 Å². The standard InChI is InChI=1S/C16H13FO4S/c17-14-6-4-12(5-7-14)15(18)10-22(21)9-11-2-1-3-13(8-11)16(19)20/h1-8H,9-10H2,(H,19,20). The highest BCUT2D eigenvalue weighted by Gasteiger charge is 2.12. The number of hydrogen-bond donors (Lipinski definition) is 1. The van der Waals surface area contributed by atoms with Crippen LogP contribution in [0, 0.1) is 5.82 Å². The van der Waals surface area contributed by atoms with Crippen molar-refractivity contribution in [2.75, 3.05) is 5.75 Å². The Kier molecular flexibility index (Phi) is 5.16. The average molecular weight is 320 g/mol. The molecule has 0 heterocycles. The Balaban J connectivity index is 2.01. The van der Waals surface area contributed by atoms with Gasteiger partial charge >= 0.3 is 5.97 Å². The van der Waals surface area contributed by atoms with Crippen LogP contribution in [0.5, 0.6) is 0 Å². The molecule has 0 saturated heterocycles. The third-order valence-corrected chi connectivity index (χ3v) is 4.20. The van der Waals surface area contributed by atoms with Crippen LogP contribution in [-0.4, -0.2) is 26.8 Å². The van der Waals surface area contributed by atoms with E-state index in [4.69, 9.17) is 5.11 Å². The summed E-state index contributed by atoms with van der Waals surface area (Å²) in [5, 5.41) is 8.90. The first-order valence-electron chi connectivity index (χ1n) is 6.41. The number of Topliss-reactive ketones (excluding diaryl/α,β-unsaturated/α-hetero) is 1. The van der Waals surface area contributed by atoms with Gasteiger partial charge in [0.05, 0.1) is 11.3 Å². The van der Waals surface area contributed by atoms with Crippen molar-refractivity contribution in [1.29, 1.82) is 0 Å². The molecule has 0 spiro atoms. The molecule has 22 heavy (non-hydrogen) atoms. The number of halogens is 1. The maximum absolute atomic E-state index is 12.8. The monoisotopic (exact) mass is 320 g/mol. The number of rotatable bonds is 6. The zero-order chi connectivity index (χ0) is 16.1. The van der Waals surface area contributed by atoms with Crippen LogP contribution < -0.4 is 0 Å². The number of aromatic carboxylic acids is 1. The predicted molar refractivity (Wildman–Crippen MR) is 80.8 cm³/mol. The van der Waals surface area contributed by atoms with Crippen LogP contribution in [0.1, 0.15) is 26.3 Å². The van der Waals surface area contributed by atoms with Gasteiger partial charge in [-0.15, -0.1) is 0 Å². The fourth-order valence-electron chi connectivity index (χ4n) is 1.90. The molecule has 0 saturated carbocycles. The topological polar surface area (TPSA) is 71.4 Å². The van der Waals surface area contributed by atoms with Crippen molar-refractivity contribution < 1.29 is 23.3 Å². The summed E-state index contributed by atoms with van der Waals surface area (Å²) in [6.07, 6.45) is 0. The maximum atomic E-state index is 12.8. The molecule has 0 radical (unpaired) electrons. The molecule has 114 valence electrons. The molecule has 1 atom stereocenters. The van der Waals surface area contributed by atoms with Gasteiger partial charge in [-0.1, -0.05) is 12.1 Å². The van der Waals surface area contributed by atoms with Gasteiger partial charge in [0, 0.05) is 22.1 Å². The summed E-state index contributed by atoms with van der Waals surface area (Å²) in [6, 6.07) is 11.1. The van der Waals surface area contributed by atoms with Crippen LogP contribution in [0.25, 0.3) is 0 Å². The molecule has 0 aromatic heterocycles. The van der Waals surface area contributed by atoms with E-state index >= 15 is 0 Å². The van der Waals surface area contributed by atoms with Gasteiger partial charge in [-0.05, 0) is 42.0 Å². The molecular formula is C16H13FO4S. The summed E-state index contributed by atoms with van der Waals surface area (Å²) in [4.78, 5) is 22.8. The van der Waals surface area contributed by atoms with E-state index in [2.05, 4.69) is 0 Å². The van der Waals surface area contributed by atoms with Gasteiger partial charge < -0.3 is 5.11 Å². The largest absolute Gasteiger partial charge is 0.478 e. The molecule has 0 aliphatic heterocycles. The summed E-state index contributed by atoms with van der Waals surface area (Å²) in [5.41, 5.74) is 0.999. The first-order valence-corrected chi connectivity index (χ1v) is 7.90. The van der Waals surface area contributed by atoms with Crippen molar-refractivity contribution in [2.45, 2.75) is 5.75 Å². The smallest absolute Gasteiger partial charge is 0.335 e.